The van der Waals surface area contributed by atoms with Gasteiger partial charge in [0, 0.05) is 37.3 Å². The fourth-order valence-electron chi connectivity index (χ4n) is 3.80. The van der Waals surface area contributed by atoms with Crippen molar-refractivity contribution in [2.75, 3.05) is 50.6 Å². The van der Waals surface area contributed by atoms with Gasteiger partial charge < -0.3 is 25.0 Å². The molecule has 0 spiro atoms. The highest BCUT2D eigenvalue weighted by atomic mass is 35.5. The number of carbonyl (C=O) groups is 2. The number of amides is 1. The maximum atomic E-state index is 12.5. The normalized spacial score (nSPS) is 13.1. The summed E-state index contributed by atoms with van der Waals surface area (Å²) in [6.45, 7) is 3.41. The number of nitrogens with one attached hydrogen (secondary N) is 1. The molecule has 35 heavy (non-hydrogen) atoms. The van der Waals surface area contributed by atoms with Crippen LogP contribution < -0.4 is 15.0 Å². The summed E-state index contributed by atoms with van der Waals surface area (Å²) in [5, 5.41) is 13.2. The minimum atomic E-state index is -1.02. The summed E-state index contributed by atoms with van der Waals surface area (Å²) in [7, 11) is 3.66. The van der Waals surface area contributed by atoms with E-state index in [9.17, 15) is 14.7 Å². The van der Waals surface area contributed by atoms with E-state index in [1.807, 2.05) is 12.1 Å². The first-order valence-electron chi connectivity index (χ1n) is 10.5. The molecule has 0 unspecified atom stereocenters. The number of rotatable bonds is 6. The van der Waals surface area contributed by atoms with Gasteiger partial charge in [0.15, 0.2) is 0 Å². The molecule has 2 aromatic carbocycles. The van der Waals surface area contributed by atoms with E-state index in [4.69, 9.17) is 9.72 Å². The minimum Gasteiger partial charge on any atom is -0.497 e. The number of ether oxygens (including phenoxy) is 1. The van der Waals surface area contributed by atoms with E-state index in [0.29, 0.717) is 22.4 Å². The number of pyridine rings is 1. The number of halogens is 3. The first-order valence-corrected chi connectivity index (χ1v) is 10.5. The van der Waals surface area contributed by atoms with Crippen molar-refractivity contribution in [3.63, 3.8) is 0 Å². The van der Waals surface area contributed by atoms with Gasteiger partial charge in [-0.2, -0.15) is 0 Å². The molecule has 1 aliphatic heterocycles. The van der Waals surface area contributed by atoms with Gasteiger partial charge in [-0.3, -0.25) is 4.79 Å². The third-order valence-corrected chi connectivity index (χ3v) is 5.66. The lowest BCUT2D eigenvalue weighted by atomic mass is 10.1. The first-order chi connectivity index (χ1) is 15.4. The Morgan fingerprint density at radius 3 is 2.26 bits per heavy atom. The molecule has 0 atom stereocenters. The molecule has 1 aromatic heterocycles. The molecule has 0 saturated carbocycles. The van der Waals surface area contributed by atoms with Crippen molar-refractivity contribution in [1.29, 1.82) is 0 Å². The molecule has 11 heteroatoms. The smallest absolute Gasteiger partial charge is 0.336 e. The zero-order valence-corrected chi connectivity index (χ0v) is 21.8. The Kier molecular flexibility index (Phi) is 11.5. The van der Waals surface area contributed by atoms with Crippen LogP contribution in [-0.4, -0.2) is 67.2 Å². The van der Waals surface area contributed by atoms with E-state index in [-0.39, 0.29) is 55.1 Å². The number of aromatic nitrogens is 1. The molecule has 4 rings (SSSR count). The van der Waals surface area contributed by atoms with Crippen LogP contribution in [0.5, 0.6) is 5.75 Å². The molecule has 1 saturated heterocycles. The Balaban J connectivity index is 0.00000204. The highest BCUT2D eigenvalue weighted by molar-refractivity contribution is 6.05. The molecule has 0 bridgehead atoms. The van der Waals surface area contributed by atoms with Gasteiger partial charge in [0.05, 0.1) is 24.6 Å². The Morgan fingerprint density at radius 1 is 1.00 bits per heavy atom. The standard InChI is InChI=1S/C24H26N4O4.3ClH/c1-27-9-11-28(12-10-27)22-15-20(24(30)31)19-14-17(5-8-21(19)26-22)25-23(29)13-16-3-6-18(32-2)7-4-16;;;/h3-8,14-15H,9-13H2,1-2H3,(H,25,29)(H,30,31);3*1H. The van der Waals surface area contributed by atoms with E-state index >= 15 is 0 Å². The van der Waals surface area contributed by atoms with Gasteiger partial charge in [-0.05, 0) is 49.0 Å². The number of benzene rings is 2. The summed E-state index contributed by atoms with van der Waals surface area (Å²) in [4.78, 5) is 33.5. The van der Waals surface area contributed by atoms with E-state index in [1.165, 1.54) is 0 Å². The van der Waals surface area contributed by atoms with Crippen molar-refractivity contribution in [3.8, 4) is 5.75 Å². The number of likely N-dealkylation sites (N-methyl/N-ethyl adjacent to an activating group) is 1. The van der Waals surface area contributed by atoms with Crippen molar-refractivity contribution in [2.45, 2.75) is 6.42 Å². The maximum absolute atomic E-state index is 12.5. The number of hydrogen-bond donors (Lipinski definition) is 2. The largest absolute Gasteiger partial charge is 0.497 e. The average Bonchev–Trinajstić information content (AvgIpc) is 2.79. The average molecular weight is 544 g/mol. The molecule has 0 radical (unpaired) electrons. The maximum Gasteiger partial charge on any atom is 0.336 e. The Hall–Kier alpha value is -2.78. The van der Waals surface area contributed by atoms with E-state index < -0.39 is 5.97 Å². The quantitative estimate of drug-likeness (QED) is 0.482. The molecule has 1 amide bonds. The monoisotopic (exact) mass is 542 g/mol. The fraction of sp³-hybridized carbons (Fsp3) is 0.292. The van der Waals surface area contributed by atoms with Crippen molar-refractivity contribution >= 4 is 71.5 Å². The summed E-state index contributed by atoms with van der Waals surface area (Å²) in [5.41, 5.74) is 2.16. The summed E-state index contributed by atoms with van der Waals surface area (Å²) < 4.78 is 5.13. The molecule has 1 fully saturated rings. The molecular weight excluding hydrogens is 515 g/mol. The van der Waals surface area contributed by atoms with Crippen molar-refractivity contribution < 1.29 is 19.4 Å². The molecule has 1 aliphatic rings. The fourth-order valence-corrected chi connectivity index (χ4v) is 3.80. The number of carboxylic acid groups (broad SMARTS) is 1. The van der Waals surface area contributed by atoms with E-state index in [1.54, 1.807) is 43.5 Å². The zero-order valence-electron chi connectivity index (χ0n) is 19.4. The van der Waals surface area contributed by atoms with Crippen molar-refractivity contribution in [1.82, 2.24) is 9.88 Å². The number of hydrogen-bond acceptors (Lipinski definition) is 6. The summed E-state index contributed by atoms with van der Waals surface area (Å²) in [6.07, 6.45) is 0.203. The Morgan fingerprint density at radius 2 is 1.66 bits per heavy atom. The van der Waals surface area contributed by atoms with Crippen molar-refractivity contribution in [3.05, 3.63) is 59.7 Å². The summed E-state index contributed by atoms with van der Waals surface area (Å²) >= 11 is 0. The van der Waals surface area contributed by atoms with Gasteiger partial charge in [-0.15, -0.1) is 37.2 Å². The highest BCUT2D eigenvalue weighted by Crippen LogP contribution is 2.27. The predicted molar refractivity (Wildman–Crippen MR) is 145 cm³/mol. The van der Waals surface area contributed by atoms with Gasteiger partial charge in [0.1, 0.15) is 11.6 Å². The van der Waals surface area contributed by atoms with E-state index in [2.05, 4.69) is 22.2 Å². The number of nitrogens with zero attached hydrogens (tertiary/aromatic N) is 3. The van der Waals surface area contributed by atoms with E-state index in [0.717, 1.165) is 37.5 Å². The lowest BCUT2D eigenvalue weighted by Crippen LogP contribution is -2.44. The lowest BCUT2D eigenvalue weighted by Gasteiger charge is -2.33. The number of aromatic carboxylic acids is 1. The molecule has 8 nitrogen and oxygen atoms in total. The topological polar surface area (TPSA) is 95.0 Å². The summed E-state index contributed by atoms with van der Waals surface area (Å²) in [6, 6.07) is 14.1. The molecule has 2 heterocycles. The predicted octanol–water partition coefficient (Wildman–Crippen LogP) is 4.14. The molecule has 3 aromatic rings. The molecule has 0 aliphatic carbocycles. The minimum absolute atomic E-state index is 0. The highest BCUT2D eigenvalue weighted by Gasteiger charge is 2.19. The van der Waals surface area contributed by atoms with Crippen LogP contribution in [0.2, 0.25) is 0 Å². The summed E-state index contributed by atoms with van der Waals surface area (Å²) in [5.74, 6) is 0.190. The van der Waals surface area contributed by atoms with Crippen LogP contribution >= 0.6 is 37.2 Å². The third-order valence-electron chi connectivity index (χ3n) is 5.66. The Bertz CT molecular complexity index is 1150. The van der Waals surface area contributed by atoms with Gasteiger partial charge in [-0.25, -0.2) is 9.78 Å². The van der Waals surface area contributed by atoms with Gasteiger partial charge in [0.25, 0.3) is 0 Å². The number of piperazine rings is 1. The number of carbonyl (C=O) groups excluding carboxylic acids is 1. The molecule has 190 valence electrons. The second kappa shape index (κ2) is 13.3. The van der Waals surface area contributed by atoms with Crippen LogP contribution in [0, 0.1) is 0 Å². The number of anilines is 2. The van der Waals surface area contributed by atoms with Crippen molar-refractivity contribution in [2.24, 2.45) is 0 Å². The lowest BCUT2D eigenvalue weighted by molar-refractivity contribution is -0.115. The second-order valence-electron chi connectivity index (χ2n) is 7.93. The van der Waals surface area contributed by atoms with Crippen LogP contribution in [-0.2, 0) is 11.2 Å². The zero-order chi connectivity index (χ0) is 22.7. The van der Waals surface area contributed by atoms with Crippen LogP contribution in [0.3, 0.4) is 0 Å². The first kappa shape index (κ1) is 30.3. The van der Waals surface area contributed by atoms with Gasteiger partial charge in [-0.1, -0.05) is 12.1 Å². The van der Waals surface area contributed by atoms with Crippen LogP contribution in [0.1, 0.15) is 15.9 Å². The molecular formula is C24H29Cl3N4O4. The third kappa shape index (κ3) is 7.35. The number of methoxy groups -OCH3 is 1. The number of fused-ring (bicyclic) bond motifs is 1. The van der Waals surface area contributed by atoms with Gasteiger partial charge >= 0.3 is 5.97 Å². The number of carboxylic acids is 1. The second-order valence-corrected chi connectivity index (χ2v) is 7.93. The van der Waals surface area contributed by atoms with Crippen LogP contribution in [0.25, 0.3) is 10.9 Å². The Labute approximate surface area is 222 Å². The van der Waals surface area contributed by atoms with Crippen LogP contribution in [0.15, 0.2) is 48.5 Å². The molecule has 2 N–H and O–H groups in total. The SMILES string of the molecule is COc1ccc(CC(=O)Nc2ccc3nc(N4CCN(C)CC4)cc(C(=O)O)c3c2)cc1.Cl.Cl.Cl. The van der Waals surface area contributed by atoms with Crippen LogP contribution in [0.4, 0.5) is 11.5 Å². The van der Waals surface area contributed by atoms with Gasteiger partial charge in [0.2, 0.25) is 5.91 Å².